The van der Waals surface area contributed by atoms with Gasteiger partial charge in [-0.25, -0.2) is 0 Å². The van der Waals surface area contributed by atoms with E-state index in [4.69, 9.17) is 9.47 Å². The van der Waals surface area contributed by atoms with E-state index in [9.17, 15) is 9.59 Å². The van der Waals surface area contributed by atoms with Gasteiger partial charge in [-0.15, -0.1) is 10.2 Å². The van der Waals surface area contributed by atoms with Gasteiger partial charge in [0.05, 0.1) is 5.75 Å². The van der Waals surface area contributed by atoms with Crippen LogP contribution in [0.15, 0.2) is 29.4 Å². The van der Waals surface area contributed by atoms with Crippen LogP contribution in [0, 0.1) is 0 Å². The van der Waals surface area contributed by atoms with Crippen molar-refractivity contribution in [1.82, 2.24) is 25.6 Å². The molecule has 10 heteroatoms. The Hall–Kier alpha value is -2.75. The van der Waals surface area contributed by atoms with Crippen LogP contribution in [0.25, 0.3) is 0 Å². The second-order valence-electron chi connectivity index (χ2n) is 6.55. The molecule has 2 heterocycles. The predicted octanol–water partition coefficient (Wildman–Crippen LogP) is 1.25. The summed E-state index contributed by atoms with van der Waals surface area (Å²) in [6.07, 6.45) is 1.46. The highest BCUT2D eigenvalue weighted by Crippen LogP contribution is 2.40. The van der Waals surface area contributed by atoms with Crippen molar-refractivity contribution in [2.24, 2.45) is 0 Å². The Morgan fingerprint density at radius 3 is 2.75 bits per heavy atom. The molecule has 1 fully saturated rings. The molecule has 9 nitrogen and oxygen atoms in total. The van der Waals surface area contributed by atoms with Crippen molar-refractivity contribution in [3.8, 4) is 11.5 Å². The number of ether oxygens (including phenoxy) is 2. The molecule has 4 rings (SSSR count). The van der Waals surface area contributed by atoms with Crippen LogP contribution in [0.4, 0.5) is 0 Å². The molecule has 148 valence electrons. The third kappa shape index (κ3) is 4.06. The molecule has 1 aromatic carbocycles. The summed E-state index contributed by atoms with van der Waals surface area (Å²) in [5, 5.41) is 9.14. The van der Waals surface area contributed by atoms with Crippen molar-refractivity contribution in [3.63, 3.8) is 0 Å². The Bertz CT molecular complexity index is 883. The lowest BCUT2D eigenvalue weighted by molar-refractivity contribution is -0.134. The van der Waals surface area contributed by atoms with Crippen molar-refractivity contribution in [1.29, 1.82) is 0 Å². The highest BCUT2D eigenvalue weighted by atomic mass is 32.2. The highest BCUT2D eigenvalue weighted by molar-refractivity contribution is 7.99. The summed E-state index contributed by atoms with van der Waals surface area (Å²) >= 11 is 1.29. The molecule has 2 aliphatic rings. The fourth-order valence-electron chi connectivity index (χ4n) is 2.87. The zero-order valence-electron chi connectivity index (χ0n) is 15.4. The number of nitrogens with one attached hydrogen (secondary N) is 2. The maximum Gasteiger partial charge on any atom is 0.283 e. The van der Waals surface area contributed by atoms with Gasteiger partial charge in [-0.1, -0.05) is 23.9 Å². The molecule has 1 aliphatic heterocycles. The number of benzene rings is 1. The van der Waals surface area contributed by atoms with Gasteiger partial charge in [0.1, 0.15) is 12.4 Å². The Balaban J connectivity index is 1.24. The van der Waals surface area contributed by atoms with Crippen LogP contribution in [-0.4, -0.2) is 45.0 Å². The topological polar surface area (TPSA) is 107 Å². The Labute approximate surface area is 166 Å². The molecule has 0 bridgehead atoms. The lowest BCUT2D eigenvalue weighted by atomic mass is 10.2. The molecule has 1 aliphatic carbocycles. The van der Waals surface area contributed by atoms with Gasteiger partial charge in [-0.05, 0) is 31.9 Å². The number of rotatable bonds is 6. The number of carbonyl (C=O) groups is 2. The van der Waals surface area contributed by atoms with E-state index in [1.807, 2.05) is 17.6 Å². The van der Waals surface area contributed by atoms with E-state index >= 15 is 0 Å². The number of fused-ring (bicyclic) bond motifs is 1. The summed E-state index contributed by atoms with van der Waals surface area (Å²) < 4.78 is 13.1. The number of hydrogen-bond donors (Lipinski definition) is 2. The van der Waals surface area contributed by atoms with Gasteiger partial charge in [0.25, 0.3) is 5.91 Å². The lowest BCUT2D eigenvalue weighted by Crippen LogP contribution is -2.51. The van der Waals surface area contributed by atoms with E-state index in [2.05, 4.69) is 21.0 Å². The Morgan fingerprint density at radius 1 is 1.21 bits per heavy atom. The molecule has 1 atom stereocenters. The normalized spacial score (nSPS) is 17.8. The van der Waals surface area contributed by atoms with Gasteiger partial charge >= 0.3 is 0 Å². The van der Waals surface area contributed by atoms with Gasteiger partial charge in [-0.3, -0.25) is 20.4 Å². The molecule has 1 saturated carbocycles. The van der Waals surface area contributed by atoms with Crippen molar-refractivity contribution >= 4 is 23.6 Å². The van der Waals surface area contributed by atoms with Crippen molar-refractivity contribution in [3.05, 3.63) is 30.1 Å². The largest absolute Gasteiger partial charge is 0.485 e. The van der Waals surface area contributed by atoms with Crippen molar-refractivity contribution < 1.29 is 19.1 Å². The van der Waals surface area contributed by atoms with E-state index in [1.165, 1.54) is 11.8 Å². The maximum absolute atomic E-state index is 12.2. The molecular formula is C18H21N5O4S. The van der Waals surface area contributed by atoms with Gasteiger partial charge in [0, 0.05) is 12.5 Å². The summed E-state index contributed by atoms with van der Waals surface area (Å²) in [6, 6.07) is 7.12. The van der Waals surface area contributed by atoms with Gasteiger partial charge < -0.3 is 14.0 Å². The van der Waals surface area contributed by atoms with Crippen LogP contribution in [0.2, 0.25) is 0 Å². The number of amides is 2. The summed E-state index contributed by atoms with van der Waals surface area (Å²) in [5.74, 6) is 1.90. The van der Waals surface area contributed by atoms with E-state index in [1.54, 1.807) is 18.2 Å². The second kappa shape index (κ2) is 8.09. The second-order valence-corrected chi connectivity index (χ2v) is 7.49. The standard InChI is InChI=1S/C18H21N5O4S/c1-2-23-16(11-7-8-11)20-22-18(23)28-10-15(24)19-21-17(25)14-9-26-12-5-3-4-6-13(12)27-14/h3-6,11,14H,2,7-10H2,1H3,(H,19,24)(H,21,25)/t14-/m1/s1. The van der Waals surface area contributed by atoms with Crippen molar-refractivity contribution in [2.45, 2.75) is 43.5 Å². The maximum atomic E-state index is 12.2. The first-order chi connectivity index (χ1) is 13.7. The number of carbonyl (C=O) groups excluding carboxylic acids is 2. The molecule has 2 aromatic rings. The average Bonchev–Trinajstić information content (AvgIpc) is 3.49. The summed E-state index contributed by atoms with van der Waals surface area (Å²) in [5.41, 5.74) is 4.78. The number of thioether (sulfide) groups is 1. The molecule has 0 unspecified atom stereocenters. The van der Waals surface area contributed by atoms with Crippen LogP contribution in [-0.2, 0) is 16.1 Å². The van der Waals surface area contributed by atoms with Gasteiger partial charge in [0.2, 0.25) is 12.0 Å². The van der Waals surface area contributed by atoms with E-state index in [-0.39, 0.29) is 18.3 Å². The van der Waals surface area contributed by atoms with Crippen LogP contribution >= 0.6 is 11.8 Å². The highest BCUT2D eigenvalue weighted by Gasteiger charge is 2.30. The molecule has 0 spiro atoms. The first-order valence-electron chi connectivity index (χ1n) is 9.18. The summed E-state index contributed by atoms with van der Waals surface area (Å²) in [7, 11) is 0. The zero-order valence-corrected chi connectivity index (χ0v) is 16.2. The van der Waals surface area contributed by atoms with E-state index < -0.39 is 12.0 Å². The number of hydrogen-bond acceptors (Lipinski definition) is 7. The zero-order chi connectivity index (χ0) is 19.5. The molecule has 2 N–H and O–H groups in total. The SMILES string of the molecule is CCn1c(SCC(=O)NNC(=O)[C@H]2COc3ccccc3O2)nnc1C1CC1. The quantitative estimate of drug-likeness (QED) is 0.552. The minimum absolute atomic E-state index is 0.0804. The lowest BCUT2D eigenvalue weighted by Gasteiger charge is -2.25. The first kappa shape index (κ1) is 18.6. The fraction of sp³-hybridized carbons (Fsp3) is 0.444. The smallest absolute Gasteiger partial charge is 0.283 e. The fourth-order valence-corrected chi connectivity index (χ4v) is 3.68. The van der Waals surface area contributed by atoms with Gasteiger partial charge in [-0.2, -0.15) is 0 Å². The van der Waals surface area contributed by atoms with Crippen molar-refractivity contribution in [2.75, 3.05) is 12.4 Å². The summed E-state index contributed by atoms with van der Waals surface area (Å²) in [4.78, 5) is 24.3. The minimum atomic E-state index is -0.827. The minimum Gasteiger partial charge on any atom is -0.485 e. The average molecular weight is 403 g/mol. The Morgan fingerprint density at radius 2 is 2.00 bits per heavy atom. The molecule has 2 amide bonds. The van der Waals surface area contributed by atoms with Crippen LogP contribution in [0.3, 0.4) is 0 Å². The molecule has 0 radical (unpaired) electrons. The molecule has 0 saturated heterocycles. The van der Waals surface area contributed by atoms with Crippen LogP contribution in [0.1, 0.15) is 31.5 Å². The predicted molar refractivity (Wildman–Crippen MR) is 101 cm³/mol. The van der Waals surface area contributed by atoms with Crippen LogP contribution < -0.4 is 20.3 Å². The number of para-hydroxylation sites is 2. The number of hydrazine groups is 1. The van der Waals surface area contributed by atoms with Gasteiger partial charge in [0.15, 0.2) is 16.7 Å². The third-order valence-corrected chi connectivity index (χ3v) is 5.43. The number of nitrogens with zero attached hydrogens (tertiary/aromatic N) is 3. The first-order valence-corrected chi connectivity index (χ1v) is 10.2. The summed E-state index contributed by atoms with van der Waals surface area (Å²) in [6.45, 7) is 2.88. The monoisotopic (exact) mass is 403 g/mol. The molecule has 28 heavy (non-hydrogen) atoms. The Kier molecular flexibility index (Phi) is 5.38. The third-order valence-electron chi connectivity index (χ3n) is 4.46. The number of aromatic nitrogens is 3. The molecule has 1 aromatic heterocycles. The van der Waals surface area contributed by atoms with E-state index in [0.29, 0.717) is 22.6 Å². The van der Waals surface area contributed by atoms with Crippen LogP contribution in [0.5, 0.6) is 11.5 Å². The molecular weight excluding hydrogens is 382 g/mol. The van der Waals surface area contributed by atoms with E-state index in [0.717, 1.165) is 25.2 Å².